The highest BCUT2D eigenvalue weighted by Crippen LogP contribution is 2.37. The molecule has 1 aromatic rings. The van der Waals surface area contributed by atoms with Crippen molar-refractivity contribution in [1.82, 2.24) is 9.71 Å². The van der Waals surface area contributed by atoms with Gasteiger partial charge in [0.05, 0.1) is 6.61 Å². The Morgan fingerprint density at radius 1 is 1.30 bits per heavy atom. The van der Waals surface area contributed by atoms with Crippen molar-refractivity contribution in [3.05, 3.63) is 16.1 Å². The van der Waals surface area contributed by atoms with E-state index in [0.717, 1.165) is 9.88 Å². The van der Waals surface area contributed by atoms with Crippen LogP contribution in [0.4, 0.5) is 0 Å². The molecule has 0 spiro atoms. The van der Waals surface area contributed by atoms with E-state index in [2.05, 4.69) is 43.6 Å². The molecule has 0 saturated heterocycles. The van der Waals surface area contributed by atoms with Gasteiger partial charge in [0.1, 0.15) is 15.8 Å². The summed E-state index contributed by atoms with van der Waals surface area (Å²) in [4.78, 5) is 5.62. The lowest BCUT2D eigenvalue weighted by Gasteiger charge is -2.37. The number of hydrogen-bond donors (Lipinski definition) is 1. The summed E-state index contributed by atoms with van der Waals surface area (Å²) in [6.45, 7) is 19.6. The molecular formula is C16H32N2O2S2Si. The minimum absolute atomic E-state index is 0.136. The van der Waals surface area contributed by atoms with Gasteiger partial charge in [0, 0.05) is 22.4 Å². The highest BCUT2D eigenvalue weighted by molar-refractivity contribution is 7.90. The van der Waals surface area contributed by atoms with Crippen molar-refractivity contribution in [2.24, 2.45) is 0 Å². The number of thiazole rings is 1. The highest BCUT2D eigenvalue weighted by atomic mass is 32.2. The van der Waals surface area contributed by atoms with Gasteiger partial charge in [-0.05, 0) is 45.8 Å². The summed E-state index contributed by atoms with van der Waals surface area (Å²) in [7, 11) is -1.85. The molecule has 1 aromatic heterocycles. The first-order chi connectivity index (χ1) is 10.2. The van der Waals surface area contributed by atoms with Gasteiger partial charge in [-0.3, -0.25) is 0 Å². The normalized spacial score (nSPS) is 16.4. The van der Waals surface area contributed by atoms with Crippen molar-refractivity contribution >= 4 is 31.0 Å². The molecule has 0 aliphatic heterocycles. The quantitative estimate of drug-likeness (QED) is 0.584. The van der Waals surface area contributed by atoms with Crippen molar-refractivity contribution in [3.8, 4) is 0 Å². The number of nitrogens with one attached hydrogen (secondary N) is 1. The third-order valence-corrected chi connectivity index (χ3v) is 11.3. The van der Waals surface area contributed by atoms with Gasteiger partial charge < -0.3 is 8.98 Å². The van der Waals surface area contributed by atoms with E-state index >= 15 is 0 Å². The molecule has 0 aliphatic rings. The van der Waals surface area contributed by atoms with Crippen molar-refractivity contribution in [2.75, 3.05) is 6.61 Å². The maximum Gasteiger partial charge on any atom is 0.192 e. The lowest BCUT2D eigenvalue weighted by molar-refractivity contribution is 0.256. The van der Waals surface area contributed by atoms with Crippen molar-refractivity contribution in [3.63, 3.8) is 0 Å². The standard InChI is InChI=1S/C16H32N2O2S2Si/c1-12-10-17-14(21-12)13(18-22(19)15(2,3)4)11-20-23(8,9)16(5,6)7/h10,13,18H,11H2,1-9H3/t13-,22+/m0/s1. The summed E-state index contributed by atoms with van der Waals surface area (Å²) >= 11 is 0.478. The molecule has 4 nitrogen and oxygen atoms in total. The molecule has 0 bridgehead atoms. The van der Waals surface area contributed by atoms with Crippen LogP contribution in [-0.4, -0.2) is 29.2 Å². The zero-order valence-corrected chi connectivity index (χ0v) is 18.6. The average Bonchev–Trinajstić information content (AvgIpc) is 2.78. The van der Waals surface area contributed by atoms with Gasteiger partial charge in [-0.2, -0.15) is 0 Å². The van der Waals surface area contributed by atoms with Crippen molar-refractivity contribution < 1.29 is 8.98 Å². The monoisotopic (exact) mass is 376 g/mol. The maximum atomic E-state index is 12.5. The fraction of sp³-hybridized carbons (Fsp3) is 0.812. The van der Waals surface area contributed by atoms with Crippen molar-refractivity contribution in [2.45, 2.75) is 77.4 Å². The molecule has 7 heteroatoms. The Labute approximate surface area is 149 Å². The molecule has 23 heavy (non-hydrogen) atoms. The Hall–Kier alpha value is 0.0769. The maximum absolute atomic E-state index is 12.5. The van der Waals surface area contributed by atoms with Gasteiger partial charge in [-0.25, -0.2) is 4.98 Å². The van der Waals surface area contributed by atoms with E-state index in [1.807, 2.05) is 33.9 Å². The third-order valence-electron chi connectivity index (χ3n) is 4.16. The molecule has 0 saturated carbocycles. The molecule has 1 rings (SSSR count). The number of rotatable bonds is 6. The molecule has 1 heterocycles. The Balaban J connectivity index is 2.89. The molecular weight excluding hydrogens is 344 g/mol. The molecule has 0 amide bonds. The highest BCUT2D eigenvalue weighted by Gasteiger charge is 2.39. The van der Waals surface area contributed by atoms with E-state index in [1.165, 1.54) is 0 Å². The number of hydrogen-bond acceptors (Lipinski definition) is 5. The van der Waals surface area contributed by atoms with E-state index in [1.54, 1.807) is 11.3 Å². The van der Waals surface area contributed by atoms with Crippen LogP contribution in [0.3, 0.4) is 0 Å². The first-order valence-corrected chi connectivity index (χ1v) is 12.9. The molecule has 1 N–H and O–H groups in total. The summed E-state index contributed by atoms with van der Waals surface area (Å²) in [6.07, 6.45) is 1.86. The zero-order chi connectivity index (χ0) is 18.1. The largest absolute Gasteiger partial charge is 0.598 e. The average molecular weight is 377 g/mol. The van der Waals surface area contributed by atoms with Crippen LogP contribution in [-0.2, 0) is 15.8 Å². The van der Waals surface area contributed by atoms with Gasteiger partial charge in [0.25, 0.3) is 0 Å². The lowest BCUT2D eigenvalue weighted by Crippen LogP contribution is -2.46. The SMILES string of the molecule is Cc1cnc([C@H](CO[Si](C)(C)C(C)(C)C)N[S@+]([O-])C(C)(C)C)s1. The Morgan fingerprint density at radius 3 is 2.26 bits per heavy atom. The molecule has 2 atom stereocenters. The topological polar surface area (TPSA) is 57.2 Å². The van der Waals surface area contributed by atoms with Crippen LogP contribution in [0.5, 0.6) is 0 Å². The van der Waals surface area contributed by atoms with E-state index in [9.17, 15) is 4.55 Å². The minimum Gasteiger partial charge on any atom is -0.598 e. The van der Waals surface area contributed by atoms with Crippen LogP contribution in [0.2, 0.25) is 18.1 Å². The summed E-state index contributed by atoms with van der Waals surface area (Å²) in [5, 5.41) is 1.10. The number of aryl methyl sites for hydroxylation is 1. The second kappa shape index (κ2) is 7.54. The van der Waals surface area contributed by atoms with E-state index in [-0.39, 0.29) is 15.8 Å². The predicted molar refractivity (Wildman–Crippen MR) is 104 cm³/mol. The van der Waals surface area contributed by atoms with E-state index < -0.39 is 19.7 Å². The lowest BCUT2D eigenvalue weighted by atomic mass is 10.2. The Kier molecular flexibility index (Phi) is 6.92. The minimum atomic E-state index is -1.85. The van der Waals surface area contributed by atoms with E-state index in [4.69, 9.17) is 4.43 Å². The van der Waals surface area contributed by atoms with Crippen molar-refractivity contribution in [1.29, 1.82) is 0 Å². The Bertz CT molecular complexity index is 507. The molecule has 134 valence electrons. The van der Waals surface area contributed by atoms with Crippen LogP contribution in [0.25, 0.3) is 0 Å². The third kappa shape index (κ3) is 6.14. The predicted octanol–water partition coefficient (Wildman–Crippen LogP) is 4.57. The van der Waals surface area contributed by atoms with Gasteiger partial charge >= 0.3 is 0 Å². The van der Waals surface area contributed by atoms with Crippen LogP contribution in [0, 0.1) is 6.92 Å². The smallest absolute Gasteiger partial charge is 0.192 e. The van der Waals surface area contributed by atoms with Crippen LogP contribution >= 0.6 is 11.3 Å². The molecule has 0 radical (unpaired) electrons. The van der Waals surface area contributed by atoms with Gasteiger partial charge in [0.15, 0.2) is 8.32 Å². The Morgan fingerprint density at radius 2 is 1.87 bits per heavy atom. The first kappa shape index (κ1) is 21.1. The summed E-state index contributed by atoms with van der Waals surface area (Å²) < 4.78 is 21.8. The molecule has 0 fully saturated rings. The molecule has 0 aromatic carbocycles. The van der Waals surface area contributed by atoms with E-state index in [0.29, 0.717) is 6.61 Å². The second-order valence-corrected chi connectivity index (χ2v) is 16.5. The summed E-state index contributed by atoms with van der Waals surface area (Å²) in [6, 6.07) is -0.136. The van der Waals surface area contributed by atoms with Gasteiger partial charge in [0.2, 0.25) is 0 Å². The second-order valence-electron chi connectivity index (χ2n) is 8.43. The van der Waals surface area contributed by atoms with Crippen LogP contribution in [0.1, 0.15) is 57.5 Å². The van der Waals surface area contributed by atoms with Gasteiger partial charge in [-0.15, -0.1) is 16.1 Å². The first-order valence-electron chi connectivity index (χ1n) is 7.98. The molecule has 0 unspecified atom stereocenters. The van der Waals surface area contributed by atoms with Crippen LogP contribution < -0.4 is 4.72 Å². The molecule has 0 aliphatic carbocycles. The number of aromatic nitrogens is 1. The van der Waals surface area contributed by atoms with Gasteiger partial charge in [-0.1, -0.05) is 20.8 Å². The fourth-order valence-electron chi connectivity index (χ4n) is 1.50. The van der Waals surface area contributed by atoms with Crippen LogP contribution in [0.15, 0.2) is 6.20 Å². The fourth-order valence-corrected chi connectivity index (χ4v) is 4.20. The summed E-state index contributed by atoms with van der Waals surface area (Å²) in [5.41, 5.74) is 0. The zero-order valence-electron chi connectivity index (χ0n) is 15.9. The summed E-state index contributed by atoms with van der Waals surface area (Å²) in [5.74, 6) is 0. The number of nitrogens with zero attached hydrogens (tertiary/aromatic N) is 1.